The van der Waals surface area contributed by atoms with Crippen LogP contribution in [0.2, 0.25) is 0 Å². The van der Waals surface area contributed by atoms with Gasteiger partial charge in [-0.3, -0.25) is 0 Å². The van der Waals surface area contributed by atoms with Crippen LogP contribution >= 0.6 is 15.9 Å². The first kappa shape index (κ1) is 25.7. The first-order valence-electron chi connectivity index (χ1n) is 12.9. The lowest BCUT2D eigenvalue weighted by molar-refractivity contribution is -0.0940. The van der Waals surface area contributed by atoms with Crippen LogP contribution in [0.5, 0.6) is 0 Å². The van der Waals surface area contributed by atoms with E-state index in [1.165, 1.54) is 0 Å². The van der Waals surface area contributed by atoms with Crippen LogP contribution < -0.4 is 4.90 Å². The summed E-state index contributed by atoms with van der Waals surface area (Å²) in [6.45, 7) is 9.14. The number of ether oxygens (including phenoxy) is 3. The summed E-state index contributed by atoms with van der Waals surface area (Å²) in [5.74, 6) is 1.04. The van der Waals surface area contributed by atoms with Gasteiger partial charge in [0.15, 0.2) is 0 Å². The fraction of sp³-hybridized carbons (Fsp3) is 0.769. The third-order valence-corrected chi connectivity index (χ3v) is 7.45. The Balaban J connectivity index is 1.11. The Morgan fingerprint density at radius 2 is 1.38 bits per heavy atom. The SMILES string of the molecule is CC(C)(C)OC(=O)N1CCC(OC2CCC(OC3CCN(c4cc(Br)ccn4)CC3)CC2)CC1. The first-order chi connectivity index (χ1) is 16.2. The van der Waals surface area contributed by atoms with Gasteiger partial charge in [0.25, 0.3) is 0 Å². The molecule has 0 spiro atoms. The van der Waals surface area contributed by atoms with E-state index >= 15 is 0 Å². The third kappa shape index (κ3) is 7.56. The van der Waals surface area contributed by atoms with Gasteiger partial charge in [-0.15, -0.1) is 0 Å². The van der Waals surface area contributed by atoms with Crippen molar-refractivity contribution in [1.29, 1.82) is 0 Å². The minimum absolute atomic E-state index is 0.206. The highest BCUT2D eigenvalue weighted by Gasteiger charge is 2.31. The summed E-state index contributed by atoms with van der Waals surface area (Å²) in [6.07, 6.45) is 11.1. The van der Waals surface area contributed by atoms with E-state index < -0.39 is 5.60 Å². The van der Waals surface area contributed by atoms with Crippen molar-refractivity contribution in [2.24, 2.45) is 0 Å². The number of halogens is 1. The van der Waals surface area contributed by atoms with Gasteiger partial charge >= 0.3 is 6.09 Å². The molecule has 0 radical (unpaired) electrons. The number of anilines is 1. The number of carbonyl (C=O) groups excluding carboxylic acids is 1. The number of piperidine rings is 2. The van der Waals surface area contributed by atoms with E-state index in [0.717, 1.165) is 74.7 Å². The zero-order valence-corrected chi connectivity index (χ0v) is 22.5. The number of hydrogen-bond acceptors (Lipinski definition) is 6. The monoisotopic (exact) mass is 537 g/mol. The molecule has 3 heterocycles. The van der Waals surface area contributed by atoms with Crippen LogP contribution in [0, 0.1) is 0 Å². The predicted molar refractivity (Wildman–Crippen MR) is 136 cm³/mol. The van der Waals surface area contributed by atoms with Crippen molar-refractivity contribution >= 4 is 27.8 Å². The smallest absolute Gasteiger partial charge is 0.410 e. The highest BCUT2D eigenvalue weighted by molar-refractivity contribution is 9.10. The van der Waals surface area contributed by atoms with Gasteiger partial charge < -0.3 is 24.0 Å². The number of amides is 1. The topological polar surface area (TPSA) is 64.1 Å². The Labute approximate surface area is 212 Å². The average molecular weight is 539 g/mol. The number of aromatic nitrogens is 1. The van der Waals surface area contributed by atoms with Gasteiger partial charge in [-0.05, 0) is 84.3 Å². The van der Waals surface area contributed by atoms with Gasteiger partial charge in [-0.2, -0.15) is 0 Å². The average Bonchev–Trinajstić information content (AvgIpc) is 2.80. The molecule has 1 aromatic rings. The zero-order valence-electron chi connectivity index (χ0n) is 20.9. The summed E-state index contributed by atoms with van der Waals surface area (Å²) in [6, 6.07) is 4.05. The number of nitrogens with zero attached hydrogens (tertiary/aromatic N) is 3. The molecular formula is C26H40BrN3O4. The molecule has 1 aromatic heterocycles. The normalized spacial score (nSPS) is 25.4. The van der Waals surface area contributed by atoms with Crippen LogP contribution in [-0.4, -0.2) is 72.2 Å². The fourth-order valence-electron chi connectivity index (χ4n) is 5.14. The maximum absolute atomic E-state index is 12.3. The van der Waals surface area contributed by atoms with Crippen LogP contribution in [0.15, 0.2) is 22.8 Å². The molecule has 1 aliphatic carbocycles. The lowest BCUT2D eigenvalue weighted by Crippen LogP contribution is -2.44. The quantitative estimate of drug-likeness (QED) is 0.490. The van der Waals surface area contributed by atoms with Crippen molar-refractivity contribution in [3.8, 4) is 0 Å². The molecule has 2 aliphatic heterocycles. The highest BCUT2D eigenvalue weighted by atomic mass is 79.9. The molecule has 0 unspecified atom stereocenters. The van der Waals surface area contributed by atoms with E-state index in [0.29, 0.717) is 31.4 Å². The molecule has 0 N–H and O–H groups in total. The maximum atomic E-state index is 12.3. The van der Waals surface area contributed by atoms with Gasteiger partial charge in [-0.1, -0.05) is 15.9 Å². The van der Waals surface area contributed by atoms with E-state index in [2.05, 4.69) is 31.9 Å². The van der Waals surface area contributed by atoms with E-state index in [-0.39, 0.29) is 12.2 Å². The number of hydrogen-bond donors (Lipinski definition) is 0. The lowest BCUT2D eigenvalue weighted by atomic mass is 9.94. The summed E-state index contributed by atoms with van der Waals surface area (Å²) in [7, 11) is 0. The number of likely N-dealkylation sites (tertiary alicyclic amines) is 1. The first-order valence-corrected chi connectivity index (χ1v) is 13.7. The third-order valence-electron chi connectivity index (χ3n) is 6.96. The van der Waals surface area contributed by atoms with Gasteiger partial charge in [0.2, 0.25) is 0 Å². The summed E-state index contributed by atoms with van der Waals surface area (Å²) in [5, 5.41) is 0. The highest BCUT2D eigenvalue weighted by Crippen LogP contribution is 2.30. The molecule has 0 aromatic carbocycles. The second-order valence-electron chi connectivity index (χ2n) is 10.9. The lowest BCUT2D eigenvalue weighted by Gasteiger charge is -2.38. The summed E-state index contributed by atoms with van der Waals surface area (Å²) >= 11 is 3.54. The maximum Gasteiger partial charge on any atom is 0.410 e. The second-order valence-corrected chi connectivity index (χ2v) is 11.8. The van der Waals surface area contributed by atoms with Gasteiger partial charge in [0.1, 0.15) is 11.4 Å². The van der Waals surface area contributed by atoms with Crippen LogP contribution in [0.1, 0.15) is 72.1 Å². The summed E-state index contributed by atoms with van der Waals surface area (Å²) < 4.78 is 19.5. The van der Waals surface area contributed by atoms with Crippen molar-refractivity contribution in [2.75, 3.05) is 31.1 Å². The summed E-state index contributed by atoms with van der Waals surface area (Å²) in [4.78, 5) is 20.9. The van der Waals surface area contributed by atoms with Crippen LogP contribution in [0.3, 0.4) is 0 Å². The Kier molecular flexibility index (Phi) is 8.75. The Hall–Kier alpha value is -1.38. The van der Waals surface area contributed by atoms with E-state index in [9.17, 15) is 4.79 Å². The number of carbonyl (C=O) groups is 1. The van der Waals surface area contributed by atoms with Crippen molar-refractivity contribution in [3.05, 3.63) is 22.8 Å². The molecule has 1 amide bonds. The number of rotatable bonds is 5. The van der Waals surface area contributed by atoms with E-state index in [1.54, 1.807) is 0 Å². The largest absolute Gasteiger partial charge is 0.444 e. The molecule has 0 bridgehead atoms. The molecule has 34 heavy (non-hydrogen) atoms. The van der Waals surface area contributed by atoms with Crippen LogP contribution in [0.4, 0.5) is 10.6 Å². The Bertz CT molecular complexity index is 793. The molecule has 1 saturated carbocycles. The van der Waals surface area contributed by atoms with Crippen molar-refractivity contribution in [1.82, 2.24) is 9.88 Å². The minimum atomic E-state index is -0.446. The molecule has 2 saturated heterocycles. The molecule has 3 fully saturated rings. The van der Waals surface area contributed by atoms with Gasteiger partial charge in [-0.25, -0.2) is 9.78 Å². The molecule has 7 nitrogen and oxygen atoms in total. The minimum Gasteiger partial charge on any atom is -0.444 e. The van der Waals surface area contributed by atoms with Gasteiger partial charge in [0.05, 0.1) is 24.4 Å². The standard InChI is InChI=1S/C26H40BrN3O4/c1-26(2,3)34-25(31)30-16-11-23(12-17-30)33-21-6-4-20(5-7-21)32-22-9-14-29(15-10-22)24-18-19(27)8-13-28-24/h8,13,18,20-23H,4-7,9-12,14-17H2,1-3H3. The van der Waals surface area contributed by atoms with Gasteiger partial charge in [0, 0.05) is 36.8 Å². The Morgan fingerprint density at radius 1 is 0.882 bits per heavy atom. The molecule has 4 rings (SSSR count). The van der Waals surface area contributed by atoms with Crippen molar-refractivity contribution in [3.63, 3.8) is 0 Å². The zero-order chi connectivity index (χ0) is 24.1. The second kappa shape index (κ2) is 11.6. The molecular weight excluding hydrogens is 498 g/mol. The van der Waals surface area contributed by atoms with Crippen LogP contribution in [0.25, 0.3) is 0 Å². The van der Waals surface area contributed by atoms with Crippen molar-refractivity contribution in [2.45, 2.75) is 102 Å². The number of pyridine rings is 1. The molecule has 3 aliphatic rings. The predicted octanol–water partition coefficient (Wildman–Crippen LogP) is 5.56. The molecule has 190 valence electrons. The molecule has 0 atom stereocenters. The van der Waals surface area contributed by atoms with E-state index in [4.69, 9.17) is 14.2 Å². The Morgan fingerprint density at radius 3 is 1.88 bits per heavy atom. The van der Waals surface area contributed by atoms with Crippen molar-refractivity contribution < 1.29 is 19.0 Å². The fourth-order valence-corrected chi connectivity index (χ4v) is 5.46. The van der Waals surface area contributed by atoms with E-state index in [1.807, 2.05) is 37.9 Å². The summed E-state index contributed by atoms with van der Waals surface area (Å²) in [5.41, 5.74) is -0.446. The molecule has 8 heteroatoms. The van der Waals surface area contributed by atoms with Crippen LogP contribution in [-0.2, 0) is 14.2 Å².